The van der Waals surface area contributed by atoms with E-state index in [1.807, 2.05) is 0 Å². The van der Waals surface area contributed by atoms with Gasteiger partial charge in [-0.05, 0) is 94.0 Å². The zero-order valence-electron chi connectivity index (χ0n) is 24.5. The Morgan fingerprint density at radius 1 is 0.349 bits per heavy atom. The molecule has 0 heteroatoms. The lowest BCUT2D eigenvalue weighted by Crippen LogP contribution is -1.94. The third-order valence-electron chi connectivity index (χ3n) is 9.03. The molecule has 8 aromatic carbocycles. The van der Waals surface area contributed by atoms with Crippen LogP contribution in [0.25, 0.3) is 76.5 Å². The van der Waals surface area contributed by atoms with Gasteiger partial charge in [-0.3, -0.25) is 0 Å². The maximum Gasteiger partial charge on any atom is -0.00260 e. The van der Waals surface area contributed by atoms with E-state index in [-0.39, 0.29) is 0 Å². The molecular weight excluding hydrogens is 516 g/mol. The molecule has 0 bridgehead atoms. The Morgan fingerprint density at radius 3 is 1.65 bits per heavy atom. The zero-order valence-corrected chi connectivity index (χ0v) is 24.5. The summed E-state index contributed by atoms with van der Waals surface area (Å²) in [5.74, 6) is 0.448. The molecule has 0 heterocycles. The van der Waals surface area contributed by atoms with Gasteiger partial charge in [0.25, 0.3) is 0 Å². The number of fused-ring (bicyclic) bond motifs is 4. The van der Waals surface area contributed by atoms with Crippen LogP contribution in [0.1, 0.15) is 25.3 Å². The van der Waals surface area contributed by atoms with Crippen LogP contribution in [0.2, 0.25) is 0 Å². The highest BCUT2D eigenvalue weighted by molar-refractivity contribution is 6.22. The predicted octanol–water partition coefficient (Wildman–Crippen LogP) is 12.4. The van der Waals surface area contributed by atoms with E-state index in [9.17, 15) is 0 Å². The first-order valence-electron chi connectivity index (χ1n) is 15.2. The van der Waals surface area contributed by atoms with E-state index >= 15 is 0 Å². The maximum atomic E-state index is 2.44. The van der Waals surface area contributed by atoms with Crippen molar-refractivity contribution >= 4 is 43.1 Å². The summed E-state index contributed by atoms with van der Waals surface area (Å²) in [6.07, 6.45) is 0. The second-order valence-corrected chi connectivity index (χ2v) is 11.9. The van der Waals surface area contributed by atoms with Gasteiger partial charge in [0, 0.05) is 0 Å². The fourth-order valence-electron chi connectivity index (χ4n) is 6.82. The van der Waals surface area contributed by atoms with Crippen LogP contribution >= 0.6 is 0 Å². The van der Waals surface area contributed by atoms with Crippen LogP contribution in [0.15, 0.2) is 152 Å². The molecule has 0 spiro atoms. The van der Waals surface area contributed by atoms with Crippen LogP contribution in [-0.2, 0) is 0 Å². The highest BCUT2D eigenvalue weighted by atomic mass is 14.2. The zero-order chi connectivity index (χ0) is 28.9. The largest absolute Gasteiger partial charge is 0.0616 e. The fraction of sp³-hybridized carbons (Fsp3) is 0.0698. The Kier molecular flexibility index (Phi) is 6.09. The highest BCUT2D eigenvalue weighted by Gasteiger charge is 2.18. The molecule has 0 N–H and O–H groups in total. The van der Waals surface area contributed by atoms with Crippen molar-refractivity contribution in [1.29, 1.82) is 0 Å². The standard InChI is InChI=1S/C43H32/c1-28(2)33-24-25-40-41(27-33)43(35-23-18-29-10-3-4-12-34(29)26-35)39-16-8-7-15-38(39)42(40)32-21-19-31(20-22-32)37-17-9-13-30-11-5-6-14-36(30)37/h3-28H,1-2H3. The topological polar surface area (TPSA) is 0 Å². The van der Waals surface area contributed by atoms with Crippen LogP contribution in [0, 0.1) is 0 Å². The quantitative estimate of drug-likeness (QED) is 0.192. The average Bonchev–Trinajstić information content (AvgIpc) is 3.06. The molecule has 8 rings (SSSR count). The van der Waals surface area contributed by atoms with Crippen molar-refractivity contribution < 1.29 is 0 Å². The van der Waals surface area contributed by atoms with Crippen molar-refractivity contribution in [3.8, 4) is 33.4 Å². The van der Waals surface area contributed by atoms with E-state index in [1.165, 1.54) is 82.0 Å². The molecule has 43 heavy (non-hydrogen) atoms. The SMILES string of the molecule is CC(C)c1ccc2c(-c3ccc(-c4cccc5ccccc45)cc3)c3ccccc3c(-c3ccc4ccccc4c3)c2c1. The van der Waals surface area contributed by atoms with Gasteiger partial charge in [-0.15, -0.1) is 0 Å². The van der Waals surface area contributed by atoms with Crippen molar-refractivity contribution in [2.24, 2.45) is 0 Å². The van der Waals surface area contributed by atoms with Crippen molar-refractivity contribution in [3.05, 3.63) is 157 Å². The molecule has 0 aliphatic heterocycles. The molecule has 0 aliphatic carbocycles. The normalized spacial score (nSPS) is 11.7. The lowest BCUT2D eigenvalue weighted by Gasteiger charge is -2.20. The van der Waals surface area contributed by atoms with E-state index in [2.05, 4.69) is 166 Å². The molecule has 0 aliphatic rings. The molecule has 0 nitrogen and oxygen atoms in total. The van der Waals surface area contributed by atoms with Gasteiger partial charge in [-0.1, -0.05) is 159 Å². The monoisotopic (exact) mass is 548 g/mol. The number of hydrogen-bond donors (Lipinski definition) is 0. The Morgan fingerprint density at radius 2 is 0.907 bits per heavy atom. The van der Waals surface area contributed by atoms with E-state index in [1.54, 1.807) is 0 Å². The van der Waals surface area contributed by atoms with Gasteiger partial charge < -0.3 is 0 Å². The lowest BCUT2D eigenvalue weighted by atomic mass is 9.84. The smallest absolute Gasteiger partial charge is 0.00260 e. The summed E-state index contributed by atoms with van der Waals surface area (Å²) >= 11 is 0. The molecule has 0 saturated carbocycles. The minimum Gasteiger partial charge on any atom is -0.0616 e. The molecule has 0 aromatic heterocycles. The van der Waals surface area contributed by atoms with Gasteiger partial charge in [0.2, 0.25) is 0 Å². The van der Waals surface area contributed by atoms with Crippen molar-refractivity contribution in [3.63, 3.8) is 0 Å². The van der Waals surface area contributed by atoms with E-state index in [4.69, 9.17) is 0 Å². The molecule has 8 aromatic rings. The van der Waals surface area contributed by atoms with Crippen LogP contribution < -0.4 is 0 Å². The third kappa shape index (κ3) is 4.30. The lowest BCUT2D eigenvalue weighted by molar-refractivity contribution is 0.869. The van der Waals surface area contributed by atoms with Crippen molar-refractivity contribution in [2.75, 3.05) is 0 Å². The first-order valence-corrected chi connectivity index (χ1v) is 15.2. The Hall–Kier alpha value is -5.20. The number of rotatable bonds is 4. The molecule has 0 fully saturated rings. The Bertz CT molecular complexity index is 2300. The molecule has 0 unspecified atom stereocenters. The molecule has 204 valence electrons. The summed E-state index contributed by atoms with van der Waals surface area (Å²) < 4.78 is 0. The molecule has 0 amide bonds. The molecule has 0 saturated heterocycles. The highest BCUT2D eigenvalue weighted by Crippen LogP contribution is 2.45. The average molecular weight is 549 g/mol. The van der Waals surface area contributed by atoms with E-state index in [0.717, 1.165) is 0 Å². The van der Waals surface area contributed by atoms with Gasteiger partial charge in [-0.2, -0.15) is 0 Å². The summed E-state index contributed by atoms with van der Waals surface area (Å²) in [7, 11) is 0. The maximum absolute atomic E-state index is 2.44. The summed E-state index contributed by atoms with van der Waals surface area (Å²) in [6, 6.07) is 56.0. The van der Waals surface area contributed by atoms with E-state index < -0.39 is 0 Å². The first kappa shape index (κ1) is 25.5. The minimum absolute atomic E-state index is 0.448. The Balaban J connectivity index is 1.39. The van der Waals surface area contributed by atoms with Gasteiger partial charge in [0.1, 0.15) is 0 Å². The summed E-state index contributed by atoms with van der Waals surface area (Å²) in [5.41, 5.74) is 9.00. The van der Waals surface area contributed by atoms with Crippen molar-refractivity contribution in [1.82, 2.24) is 0 Å². The second-order valence-electron chi connectivity index (χ2n) is 11.9. The summed E-state index contributed by atoms with van der Waals surface area (Å²) in [6.45, 7) is 4.57. The fourth-order valence-corrected chi connectivity index (χ4v) is 6.82. The van der Waals surface area contributed by atoms with Crippen LogP contribution in [0.5, 0.6) is 0 Å². The third-order valence-corrected chi connectivity index (χ3v) is 9.03. The molecule has 0 radical (unpaired) electrons. The van der Waals surface area contributed by atoms with Crippen molar-refractivity contribution in [2.45, 2.75) is 19.8 Å². The number of benzene rings is 8. The minimum atomic E-state index is 0.448. The van der Waals surface area contributed by atoms with E-state index in [0.29, 0.717) is 5.92 Å². The molecule has 0 atom stereocenters. The number of hydrogen-bond acceptors (Lipinski definition) is 0. The van der Waals surface area contributed by atoms with Gasteiger partial charge in [0.15, 0.2) is 0 Å². The van der Waals surface area contributed by atoms with Gasteiger partial charge >= 0.3 is 0 Å². The second kappa shape index (κ2) is 10.3. The van der Waals surface area contributed by atoms with Crippen LogP contribution in [-0.4, -0.2) is 0 Å². The van der Waals surface area contributed by atoms with Gasteiger partial charge in [-0.25, -0.2) is 0 Å². The summed E-state index contributed by atoms with van der Waals surface area (Å²) in [5, 5.41) is 10.3. The predicted molar refractivity (Wildman–Crippen MR) is 187 cm³/mol. The Labute approximate surface area is 252 Å². The summed E-state index contributed by atoms with van der Waals surface area (Å²) in [4.78, 5) is 0. The molecular formula is C43H32. The van der Waals surface area contributed by atoms with Gasteiger partial charge in [0.05, 0.1) is 0 Å². The van der Waals surface area contributed by atoms with Crippen LogP contribution in [0.3, 0.4) is 0 Å². The first-order chi connectivity index (χ1) is 21.2. The van der Waals surface area contributed by atoms with Crippen LogP contribution in [0.4, 0.5) is 0 Å².